The molecule has 0 bridgehead atoms. The van der Waals surface area contributed by atoms with Gasteiger partial charge in [0.25, 0.3) is 5.91 Å². The van der Waals surface area contributed by atoms with Crippen LogP contribution in [0.3, 0.4) is 0 Å². The number of nitrogens with zero attached hydrogens (tertiary/aromatic N) is 1. The molecule has 0 spiro atoms. The van der Waals surface area contributed by atoms with Gasteiger partial charge in [-0.2, -0.15) is 0 Å². The van der Waals surface area contributed by atoms with Gasteiger partial charge in [-0.05, 0) is 38.1 Å². The molecule has 0 fully saturated rings. The fourth-order valence-electron chi connectivity index (χ4n) is 2.46. The minimum absolute atomic E-state index is 0.0164. The second-order valence-corrected chi connectivity index (χ2v) is 7.22. The molecule has 1 aromatic heterocycles. The highest BCUT2D eigenvalue weighted by Crippen LogP contribution is 2.22. The zero-order valence-corrected chi connectivity index (χ0v) is 16.7. The van der Waals surface area contributed by atoms with Gasteiger partial charge in [-0.3, -0.25) is 4.79 Å². The van der Waals surface area contributed by atoms with Crippen LogP contribution in [0.4, 0.5) is 10.1 Å². The topological polar surface area (TPSA) is 77.5 Å². The molecule has 0 unspecified atom stereocenters. The Balaban J connectivity index is 1.64. The number of anilines is 1. The molecule has 1 atom stereocenters. The second kappa shape index (κ2) is 9.29. The molecule has 0 saturated heterocycles. The number of para-hydroxylation sites is 2. The first kappa shape index (κ1) is 20.5. The van der Waals surface area contributed by atoms with Crippen molar-refractivity contribution in [2.45, 2.75) is 26.6 Å². The van der Waals surface area contributed by atoms with Crippen LogP contribution in [0.2, 0.25) is 0 Å². The summed E-state index contributed by atoms with van der Waals surface area (Å²) in [6, 6.07) is 12.3. The molecule has 6 nitrogen and oxygen atoms in total. The number of hydrogen-bond acceptors (Lipinski definition) is 6. The van der Waals surface area contributed by atoms with Crippen molar-refractivity contribution in [3.05, 3.63) is 76.0 Å². The highest BCUT2D eigenvalue weighted by Gasteiger charge is 2.22. The maximum Gasteiger partial charge on any atom is 0.342 e. The zero-order valence-electron chi connectivity index (χ0n) is 15.8. The first-order valence-electron chi connectivity index (χ1n) is 8.83. The summed E-state index contributed by atoms with van der Waals surface area (Å²) in [7, 11) is 0. The molecule has 3 rings (SSSR count). The van der Waals surface area contributed by atoms with Gasteiger partial charge in [0.2, 0.25) is 0 Å². The molecular weight excluding hydrogens is 395 g/mol. The molecule has 0 aliphatic carbocycles. The van der Waals surface area contributed by atoms with E-state index in [4.69, 9.17) is 9.47 Å². The number of rotatable bonds is 7. The van der Waals surface area contributed by atoms with Crippen molar-refractivity contribution >= 4 is 28.9 Å². The summed E-state index contributed by atoms with van der Waals surface area (Å²) in [4.78, 5) is 29.1. The molecule has 0 aliphatic heterocycles. The van der Waals surface area contributed by atoms with Gasteiger partial charge in [0.1, 0.15) is 23.7 Å². The fraction of sp³-hybridized carbons (Fsp3) is 0.190. The number of halogens is 1. The van der Waals surface area contributed by atoms with E-state index < -0.39 is 23.8 Å². The normalized spacial score (nSPS) is 11.6. The maximum absolute atomic E-state index is 13.7. The molecule has 29 heavy (non-hydrogen) atoms. The molecule has 0 saturated carbocycles. The quantitative estimate of drug-likeness (QED) is 0.582. The third kappa shape index (κ3) is 5.39. The number of hydrogen-bond donors (Lipinski definition) is 1. The Morgan fingerprint density at radius 3 is 2.62 bits per heavy atom. The third-order valence-corrected chi connectivity index (χ3v) is 4.76. The maximum atomic E-state index is 13.7. The van der Waals surface area contributed by atoms with E-state index in [-0.39, 0.29) is 17.9 Å². The van der Waals surface area contributed by atoms with Crippen LogP contribution in [-0.2, 0) is 16.1 Å². The predicted molar refractivity (Wildman–Crippen MR) is 108 cm³/mol. The lowest BCUT2D eigenvalue weighted by Gasteiger charge is -2.15. The van der Waals surface area contributed by atoms with Gasteiger partial charge in [-0.1, -0.05) is 24.3 Å². The van der Waals surface area contributed by atoms with Crippen LogP contribution >= 0.6 is 11.3 Å². The SMILES string of the molecule is Cc1nc(COc2ccccc2C(=O)O[C@H](C)C(=O)Nc2ccccc2F)cs1. The van der Waals surface area contributed by atoms with E-state index in [2.05, 4.69) is 10.3 Å². The van der Waals surface area contributed by atoms with Crippen LogP contribution in [0.1, 0.15) is 28.0 Å². The lowest BCUT2D eigenvalue weighted by molar-refractivity contribution is -0.123. The van der Waals surface area contributed by atoms with E-state index in [1.54, 1.807) is 30.3 Å². The van der Waals surface area contributed by atoms with Crippen molar-refractivity contribution in [1.29, 1.82) is 0 Å². The molecule has 0 aliphatic rings. The smallest absolute Gasteiger partial charge is 0.342 e. The number of nitrogens with one attached hydrogen (secondary N) is 1. The van der Waals surface area contributed by atoms with Crippen LogP contribution in [0.5, 0.6) is 5.75 Å². The average molecular weight is 414 g/mol. The van der Waals surface area contributed by atoms with Crippen LogP contribution in [0, 0.1) is 12.7 Å². The van der Waals surface area contributed by atoms with Gasteiger partial charge in [0, 0.05) is 5.38 Å². The van der Waals surface area contributed by atoms with Crippen LogP contribution in [0.15, 0.2) is 53.9 Å². The Hall–Kier alpha value is -3.26. The van der Waals surface area contributed by atoms with Crippen molar-refractivity contribution in [2.75, 3.05) is 5.32 Å². The molecule has 150 valence electrons. The summed E-state index contributed by atoms with van der Waals surface area (Å²) in [5.74, 6) is -1.61. The Morgan fingerprint density at radius 2 is 1.90 bits per heavy atom. The number of carbonyl (C=O) groups is 2. The van der Waals surface area contributed by atoms with E-state index in [0.29, 0.717) is 5.75 Å². The average Bonchev–Trinajstić information content (AvgIpc) is 3.13. The van der Waals surface area contributed by atoms with E-state index in [1.807, 2.05) is 12.3 Å². The predicted octanol–water partition coefficient (Wildman–Crippen LogP) is 4.35. The summed E-state index contributed by atoms with van der Waals surface area (Å²) in [6.07, 6.45) is -1.13. The zero-order chi connectivity index (χ0) is 20.8. The van der Waals surface area contributed by atoms with E-state index in [0.717, 1.165) is 10.7 Å². The Kier molecular flexibility index (Phi) is 6.56. The first-order chi connectivity index (χ1) is 13.9. The second-order valence-electron chi connectivity index (χ2n) is 6.16. The van der Waals surface area contributed by atoms with Crippen molar-refractivity contribution in [2.24, 2.45) is 0 Å². The Bertz CT molecular complexity index is 1020. The highest BCUT2D eigenvalue weighted by atomic mass is 32.1. The van der Waals surface area contributed by atoms with Gasteiger partial charge in [-0.15, -0.1) is 11.3 Å². The van der Waals surface area contributed by atoms with Crippen molar-refractivity contribution in [3.8, 4) is 5.75 Å². The fourth-order valence-corrected chi connectivity index (χ4v) is 3.06. The van der Waals surface area contributed by atoms with E-state index in [1.165, 1.54) is 36.5 Å². The summed E-state index contributed by atoms with van der Waals surface area (Å²) in [5, 5.41) is 5.20. The summed E-state index contributed by atoms with van der Waals surface area (Å²) < 4.78 is 24.6. The van der Waals surface area contributed by atoms with Gasteiger partial charge < -0.3 is 14.8 Å². The standard InChI is InChI=1S/C21H19FN2O4S/c1-13(20(25)24-18-9-5-4-8-17(18)22)28-21(26)16-7-3-6-10-19(16)27-11-15-12-29-14(2)23-15/h3-10,12-13H,11H2,1-2H3,(H,24,25)/t13-/m1/s1. The van der Waals surface area contributed by atoms with Crippen molar-refractivity contribution < 1.29 is 23.5 Å². The molecular formula is C21H19FN2O4S. The summed E-state index contributed by atoms with van der Waals surface area (Å²) >= 11 is 1.51. The van der Waals surface area contributed by atoms with Crippen molar-refractivity contribution in [3.63, 3.8) is 0 Å². The van der Waals surface area contributed by atoms with Crippen LogP contribution < -0.4 is 10.1 Å². The highest BCUT2D eigenvalue weighted by molar-refractivity contribution is 7.09. The van der Waals surface area contributed by atoms with Gasteiger partial charge >= 0.3 is 5.97 Å². The van der Waals surface area contributed by atoms with E-state index >= 15 is 0 Å². The molecule has 0 radical (unpaired) electrons. The third-order valence-electron chi connectivity index (χ3n) is 3.93. The summed E-state index contributed by atoms with van der Waals surface area (Å²) in [6.45, 7) is 3.51. The number of amides is 1. The van der Waals surface area contributed by atoms with E-state index in [9.17, 15) is 14.0 Å². The number of aryl methyl sites for hydroxylation is 1. The minimum Gasteiger partial charge on any atom is -0.486 e. The largest absolute Gasteiger partial charge is 0.486 e. The van der Waals surface area contributed by atoms with Gasteiger partial charge in [0.05, 0.1) is 16.4 Å². The number of thiazole rings is 1. The Morgan fingerprint density at radius 1 is 1.17 bits per heavy atom. The lowest BCUT2D eigenvalue weighted by atomic mass is 10.2. The molecule has 1 heterocycles. The molecule has 8 heteroatoms. The summed E-state index contributed by atoms with van der Waals surface area (Å²) in [5.41, 5.74) is 0.959. The Labute approximate surface area is 171 Å². The minimum atomic E-state index is -1.13. The molecule has 2 aromatic carbocycles. The van der Waals surface area contributed by atoms with Crippen molar-refractivity contribution in [1.82, 2.24) is 4.98 Å². The number of carbonyl (C=O) groups excluding carboxylic acids is 2. The molecule has 3 aromatic rings. The monoisotopic (exact) mass is 414 g/mol. The first-order valence-corrected chi connectivity index (χ1v) is 9.71. The molecule has 1 N–H and O–H groups in total. The number of aromatic nitrogens is 1. The number of esters is 1. The van der Waals surface area contributed by atoms with Gasteiger partial charge in [-0.25, -0.2) is 14.2 Å². The molecule has 1 amide bonds. The van der Waals surface area contributed by atoms with Crippen LogP contribution in [0.25, 0.3) is 0 Å². The van der Waals surface area contributed by atoms with Crippen LogP contribution in [-0.4, -0.2) is 23.0 Å². The number of benzene rings is 2. The lowest BCUT2D eigenvalue weighted by Crippen LogP contribution is -2.30. The number of ether oxygens (including phenoxy) is 2. The van der Waals surface area contributed by atoms with Gasteiger partial charge in [0.15, 0.2) is 6.10 Å².